The van der Waals surface area contributed by atoms with Crippen molar-refractivity contribution in [2.24, 2.45) is 0 Å². The first-order valence-corrected chi connectivity index (χ1v) is 7.35. The van der Waals surface area contributed by atoms with Gasteiger partial charge in [-0.3, -0.25) is 9.00 Å². The van der Waals surface area contributed by atoms with Crippen LogP contribution in [0.3, 0.4) is 0 Å². The number of benzene rings is 1. The minimum Gasteiger partial charge on any atom is -0.480 e. The number of halogens is 1. The summed E-state index contributed by atoms with van der Waals surface area (Å²) in [4.78, 5) is 21.8. The lowest BCUT2D eigenvalue weighted by Crippen LogP contribution is -2.43. The third kappa shape index (κ3) is 5.31. The SMILES string of the molecule is CC(=O)NC(CS(=O)Cc1cc(F)ccc1C#N)C(=O)O. The van der Waals surface area contributed by atoms with E-state index in [0.29, 0.717) is 0 Å². The molecular formula is C13H13FN2O4S. The molecule has 0 aliphatic carbocycles. The van der Waals surface area contributed by atoms with E-state index < -0.39 is 34.5 Å². The van der Waals surface area contributed by atoms with Gasteiger partial charge in [0.05, 0.1) is 23.1 Å². The molecule has 1 amide bonds. The molecule has 2 N–H and O–H groups in total. The first kappa shape index (κ1) is 16.8. The maximum Gasteiger partial charge on any atom is 0.327 e. The molecule has 0 fully saturated rings. The average molecular weight is 312 g/mol. The summed E-state index contributed by atoms with van der Waals surface area (Å²) in [5.74, 6) is -2.92. The molecule has 0 spiro atoms. The molecule has 0 heterocycles. The van der Waals surface area contributed by atoms with Gasteiger partial charge in [-0.25, -0.2) is 9.18 Å². The summed E-state index contributed by atoms with van der Waals surface area (Å²) in [7, 11) is -1.67. The minimum atomic E-state index is -1.67. The molecule has 6 nitrogen and oxygen atoms in total. The normalized spacial score (nSPS) is 13.0. The van der Waals surface area contributed by atoms with Crippen LogP contribution in [0.15, 0.2) is 18.2 Å². The van der Waals surface area contributed by atoms with Crippen molar-refractivity contribution in [1.29, 1.82) is 5.26 Å². The van der Waals surface area contributed by atoms with Crippen molar-refractivity contribution in [3.05, 3.63) is 35.1 Å². The van der Waals surface area contributed by atoms with Gasteiger partial charge in [0.2, 0.25) is 5.91 Å². The summed E-state index contributed by atoms with van der Waals surface area (Å²) < 4.78 is 25.1. The second kappa shape index (κ2) is 7.50. The van der Waals surface area contributed by atoms with Gasteiger partial charge in [-0.15, -0.1) is 0 Å². The van der Waals surface area contributed by atoms with Gasteiger partial charge in [-0.2, -0.15) is 5.26 Å². The molecule has 0 aliphatic heterocycles. The van der Waals surface area contributed by atoms with E-state index in [2.05, 4.69) is 5.32 Å². The smallest absolute Gasteiger partial charge is 0.327 e. The van der Waals surface area contributed by atoms with Crippen LogP contribution in [0.2, 0.25) is 0 Å². The van der Waals surface area contributed by atoms with Gasteiger partial charge in [0.15, 0.2) is 0 Å². The Morgan fingerprint density at radius 3 is 2.71 bits per heavy atom. The van der Waals surface area contributed by atoms with Gasteiger partial charge in [0.1, 0.15) is 11.9 Å². The number of carbonyl (C=O) groups excluding carboxylic acids is 1. The van der Waals surface area contributed by atoms with Crippen LogP contribution in [0.25, 0.3) is 0 Å². The van der Waals surface area contributed by atoms with Crippen molar-refractivity contribution in [3.63, 3.8) is 0 Å². The van der Waals surface area contributed by atoms with Gasteiger partial charge < -0.3 is 10.4 Å². The second-order valence-corrected chi connectivity index (χ2v) is 5.76. The fraction of sp³-hybridized carbons (Fsp3) is 0.308. The van der Waals surface area contributed by atoms with E-state index in [-0.39, 0.29) is 22.6 Å². The number of carboxylic acids is 1. The number of carbonyl (C=O) groups is 2. The van der Waals surface area contributed by atoms with Crippen molar-refractivity contribution >= 4 is 22.7 Å². The molecule has 2 unspecified atom stereocenters. The minimum absolute atomic E-state index is 0.163. The van der Waals surface area contributed by atoms with Crippen molar-refractivity contribution in [1.82, 2.24) is 5.32 Å². The highest BCUT2D eigenvalue weighted by atomic mass is 32.2. The number of nitriles is 1. The summed E-state index contributed by atoms with van der Waals surface area (Å²) in [5, 5.41) is 20.0. The van der Waals surface area contributed by atoms with Gasteiger partial charge in [0.25, 0.3) is 0 Å². The Kier molecular flexibility index (Phi) is 5.99. The molecule has 0 aromatic heterocycles. The lowest BCUT2D eigenvalue weighted by molar-refractivity contribution is -0.140. The Balaban J connectivity index is 2.81. The van der Waals surface area contributed by atoms with Crippen molar-refractivity contribution in [3.8, 4) is 6.07 Å². The van der Waals surface area contributed by atoms with Gasteiger partial charge in [0, 0.05) is 17.7 Å². The summed E-state index contributed by atoms with van der Waals surface area (Å²) in [6, 6.07) is 4.03. The Morgan fingerprint density at radius 1 is 1.52 bits per heavy atom. The standard InChI is InChI=1S/C13H13FN2O4S/c1-8(17)16-12(13(18)19)7-21(20)6-10-4-11(14)3-2-9(10)5-15/h2-4,12H,6-7H2,1H3,(H,16,17)(H,18,19). The molecule has 0 radical (unpaired) electrons. The molecule has 0 aliphatic rings. The number of rotatable bonds is 6. The van der Waals surface area contributed by atoms with E-state index in [1.54, 1.807) is 0 Å². The van der Waals surface area contributed by atoms with Crippen LogP contribution in [-0.4, -0.2) is 33.0 Å². The van der Waals surface area contributed by atoms with Crippen molar-refractivity contribution in [2.45, 2.75) is 18.7 Å². The highest BCUT2D eigenvalue weighted by molar-refractivity contribution is 7.84. The predicted octanol–water partition coefficient (Wildman–Crippen LogP) is 0.535. The maximum atomic E-state index is 13.1. The van der Waals surface area contributed by atoms with Crippen LogP contribution >= 0.6 is 0 Å². The second-order valence-electron chi connectivity index (χ2n) is 4.26. The molecule has 8 heteroatoms. The zero-order chi connectivity index (χ0) is 16.0. The number of hydrogen-bond donors (Lipinski definition) is 2. The van der Waals surface area contributed by atoms with Crippen molar-refractivity contribution in [2.75, 3.05) is 5.75 Å². The molecule has 1 aromatic carbocycles. The van der Waals surface area contributed by atoms with E-state index in [1.807, 2.05) is 6.07 Å². The van der Waals surface area contributed by atoms with Crippen LogP contribution < -0.4 is 5.32 Å². The average Bonchev–Trinajstić information content (AvgIpc) is 2.37. The molecule has 2 atom stereocenters. The van der Waals surface area contributed by atoms with Crippen LogP contribution in [0.5, 0.6) is 0 Å². The van der Waals surface area contributed by atoms with E-state index in [0.717, 1.165) is 19.1 Å². The van der Waals surface area contributed by atoms with Crippen LogP contribution in [0.4, 0.5) is 4.39 Å². The molecule has 1 aromatic rings. The zero-order valence-corrected chi connectivity index (χ0v) is 11.9. The zero-order valence-electron chi connectivity index (χ0n) is 11.1. The number of amides is 1. The Bertz CT molecular complexity index is 627. The van der Waals surface area contributed by atoms with E-state index in [4.69, 9.17) is 10.4 Å². The first-order valence-electron chi connectivity index (χ1n) is 5.87. The summed E-state index contributed by atoms with van der Waals surface area (Å²) in [5.41, 5.74) is 0.416. The largest absolute Gasteiger partial charge is 0.480 e. The molecule has 0 saturated heterocycles. The maximum absolute atomic E-state index is 13.1. The van der Waals surface area contributed by atoms with Crippen LogP contribution in [0.1, 0.15) is 18.1 Å². The van der Waals surface area contributed by atoms with E-state index in [9.17, 15) is 18.2 Å². The predicted molar refractivity (Wildman–Crippen MR) is 73.1 cm³/mol. The Hall–Kier alpha value is -2.27. The summed E-state index contributed by atoms with van der Waals surface area (Å²) in [6.07, 6.45) is 0. The van der Waals surface area contributed by atoms with Crippen LogP contribution in [0, 0.1) is 17.1 Å². The lowest BCUT2D eigenvalue weighted by Gasteiger charge is -2.13. The molecule has 1 rings (SSSR count). The highest BCUT2D eigenvalue weighted by Gasteiger charge is 2.22. The number of carboxylic acid groups (broad SMARTS) is 1. The van der Waals surface area contributed by atoms with Gasteiger partial charge in [-0.05, 0) is 23.8 Å². The number of nitrogens with zero attached hydrogens (tertiary/aromatic N) is 1. The first-order chi connectivity index (χ1) is 9.83. The lowest BCUT2D eigenvalue weighted by atomic mass is 10.1. The summed E-state index contributed by atoms with van der Waals surface area (Å²) in [6.45, 7) is 1.15. The molecular weight excluding hydrogens is 299 g/mol. The topological polar surface area (TPSA) is 107 Å². The monoisotopic (exact) mass is 312 g/mol. The van der Waals surface area contributed by atoms with Gasteiger partial charge in [-0.1, -0.05) is 0 Å². The number of nitrogens with one attached hydrogen (secondary N) is 1. The van der Waals surface area contributed by atoms with Crippen molar-refractivity contribution < 1.29 is 23.3 Å². The fourth-order valence-corrected chi connectivity index (χ4v) is 2.93. The number of aliphatic carboxylic acids is 1. The van der Waals surface area contributed by atoms with E-state index in [1.165, 1.54) is 6.07 Å². The molecule has 112 valence electrons. The molecule has 0 saturated carbocycles. The Labute approximate surface area is 123 Å². The quantitative estimate of drug-likeness (QED) is 0.797. The number of hydrogen-bond acceptors (Lipinski definition) is 4. The highest BCUT2D eigenvalue weighted by Crippen LogP contribution is 2.13. The fourth-order valence-electron chi connectivity index (χ4n) is 1.63. The molecule has 21 heavy (non-hydrogen) atoms. The summed E-state index contributed by atoms with van der Waals surface area (Å²) >= 11 is 0. The molecule has 0 bridgehead atoms. The third-order valence-electron chi connectivity index (χ3n) is 2.53. The van der Waals surface area contributed by atoms with Gasteiger partial charge >= 0.3 is 5.97 Å². The Morgan fingerprint density at radius 2 is 2.19 bits per heavy atom. The third-order valence-corrected chi connectivity index (χ3v) is 3.87. The van der Waals surface area contributed by atoms with E-state index >= 15 is 0 Å². The van der Waals surface area contributed by atoms with Crippen LogP contribution in [-0.2, 0) is 26.1 Å².